The standard InChI is InChI=1S/C31H32FN7O3/c1-3-5-22(40)7-6-20-11-13-39-16-21(20)17-41-28-15-27-29(38-31(28)39)30(36-19-35-27)37-26-9-8-24(14-25(26)32)42-23(4-2)10-12-34-18-33/h3-5,8-10,12,14-15,18-21,33H,2,6-7,11,13,16-17H2,1H3,(H,35,36,37)/b5-3+,23-10+,33-18?,34-12?/t20?,21-/m0/s1. The van der Waals surface area contributed by atoms with Crippen molar-refractivity contribution in [3.05, 3.63) is 73.1 Å². The van der Waals surface area contributed by atoms with E-state index in [-0.39, 0.29) is 23.1 Å². The van der Waals surface area contributed by atoms with Crippen molar-refractivity contribution in [3.63, 3.8) is 0 Å². The number of allylic oxidation sites excluding steroid dienone is 4. The van der Waals surface area contributed by atoms with Crippen molar-refractivity contribution in [2.75, 3.05) is 29.9 Å². The van der Waals surface area contributed by atoms with Crippen molar-refractivity contribution in [1.82, 2.24) is 15.0 Å². The maximum Gasteiger partial charge on any atom is 0.172 e. The van der Waals surface area contributed by atoms with E-state index in [2.05, 4.69) is 31.8 Å². The summed E-state index contributed by atoms with van der Waals surface area (Å²) in [5, 5.41) is 9.99. The highest BCUT2D eigenvalue weighted by Gasteiger charge is 2.34. The number of nitrogens with zero attached hydrogens (tertiary/aromatic N) is 5. The number of ether oxygens (including phenoxy) is 2. The van der Waals surface area contributed by atoms with Crippen LogP contribution in [0, 0.1) is 23.1 Å². The van der Waals surface area contributed by atoms with Gasteiger partial charge in [-0.3, -0.25) is 10.2 Å². The van der Waals surface area contributed by atoms with Gasteiger partial charge in [0.15, 0.2) is 23.2 Å². The molecule has 42 heavy (non-hydrogen) atoms. The van der Waals surface area contributed by atoms with Crippen molar-refractivity contribution >= 4 is 46.7 Å². The molecule has 0 amide bonds. The minimum atomic E-state index is -0.549. The summed E-state index contributed by atoms with van der Waals surface area (Å²) in [4.78, 5) is 31.6. The Labute approximate surface area is 243 Å². The molecule has 1 fully saturated rings. The van der Waals surface area contributed by atoms with Gasteiger partial charge in [0.05, 0.1) is 17.8 Å². The Morgan fingerprint density at radius 2 is 2.24 bits per heavy atom. The van der Waals surface area contributed by atoms with E-state index in [0.29, 0.717) is 53.1 Å². The maximum absolute atomic E-state index is 15.1. The molecule has 4 heterocycles. The second-order valence-electron chi connectivity index (χ2n) is 10.0. The van der Waals surface area contributed by atoms with Crippen LogP contribution < -0.4 is 19.7 Å². The number of hydrogen-bond acceptors (Lipinski definition) is 9. The smallest absolute Gasteiger partial charge is 0.172 e. The Morgan fingerprint density at radius 1 is 1.36 bits per heavy atom. The molecule has 5 rings (SSSR count). The summed E-state index contributed by atoms with van der Waals surface area (Å²) in [5.41, 5.74) is 1.27. The first-order valence-corrected chi connectivity index (χ1v) is 13.8. The normalized spacial score (nSPS) is 18.4. The van der Waals surface area contributed by atoms with E-state index in [4.69, 9.17) is 19.9 Å². The summed E-state index contributed by atoms with van der Waals surface area (Å²) < 4.78 is 27.0. The van der Waals surface area contributed by atoms with Crippen molar-refractivity contribution in [3.8, 4) is 11.5 Å². The third-order valence-electron chi connectivity index (χ3n) is 7.34. The molecule has 2 aliphatic heterocycles. The van der Waals surface area contributed by atoms with Crippen molar-refractivity contribution in [2.45, 2.75) is 26.2 Å². The van der Waals surface area contributed by atoms with Crippen LogP contribution in [0.15, 0.2) is 72.2 Å². The molecular weight excluding hydrogens is 537 g/mol. The number of pyridine rings is 1. The number of piperidine rings is 1. The van der Waals surface area contributed by atoms with Gasteiger partial charge in [0.1, 0.15) is 35.5 Å². The number of ketones is 1. The summed E-state index contributed by atoms with van der Waals surface area (Å²) in [6.45, 7) is 7.67. The van der Waals surface area contributed by atoms with Gasteiger partial charge in [0.25, 0.3) is 0 Å². The first-order chi connectivity index (χ1) is 20.5. The first-order valence-electron chi connectivity index (χ1n) is 13.8. The summed E-state index contributed by atoms with van der Waals surface area (Å²) in [6.07, 6.45) is 12.4. The minimum absolute atomic E-state index is 0.159. The van der Waals surface area contributed by atoms with Crippen LogP contribution in [-0.4, -0.2) is 53.0 Å². The number of aromatic nitrogens is 3. The van der Waals surface area contributed by atoms with Crippen molar-refractivity contribution in [2.24, 2.45) is 16.8 Å². The molecule has 1 saturated heterocycles. The van der Waals surface area contributed by atoms with Crippen LogP contribution in [0.2, 0.25) is 0 Å². The highest BCUT2D eigenvalue weighted by molar-refractivity contribution is 5.90. The fourth-order valence-electron chi connectivity index (χ4n) is 5.25. The van der Waals surface area contributed by atoms with Gasteiger partial charge in [-0.25, -0.2) is 24.3 Å². The van der Waals surface area contributed by atoms with Crippen molar-refractivity contribution in [1.29, 1.82) is 5.41 Å². The molecule has 2 bridgehead atoms. The van der Waals surface area contributed by atoms with Gasteiger partial charge in [-0.15, -0.1) is 0 Å². The van der Waals surface area contributed by atoms with E-state index in [9.17, 15) is 4.79 Å². The van der Waals surface area contributed by atoms with Gasteiger partial charge < -0.3 is 19.7 Å². The Bertz CT molecular complexity index is 1590. The second-order valence-corrected chi connectivity index (χ2v) is 10.0. The Hall–Kier alpha value is -4.93. The van der Waals surface area contributed by atoms with Crippen LogP contribution in [0.4, 0.5) is 21.7 Å². The molecular formula is C31H32FN7O3. The largest absolute Gasteiger partial charge is 0.489 e. The van der Waals surface area contributed by atoms with Crippen LogP contribution in [0.5, 0.6) is 11.5 Å². The van der Waals surface area contributed by atoms with E-state index in [1.165, 1.54) is 30.8 Å². The zero-order valence-corrected chi connectivity index (χ0v) is 23.3. The second kappa shape index (κ2) is 13.2. The van der Waals surface area contributed by atoms with Crippen LogP contribution in [0.25, 0.3) is 11.0 Å². The van der Waals surface area contributed by atoms with E-state index < -0.39 is 5.82 Å². The number of fused-ring (bicyclic) bond motifs is 5. The SMILES string of the molecule is C=C/C(=C\C=NC=N)Oc1ccc(Nc2ncnc3cc4c(nc23)N2CCC(CCC(=O)/C=C/C)[C@H](CO4)C2)c(F)c1. The fraction of sp³-hybridized carbons (Fsp3) is 0.290. The predicted octanol–water partition coefficient (Wildman–Crippen LogP) is 5.79. The average Bonchev–Trinajstić information content (AvgIpc) is 3.13. The van der Waals surface area contributed by atoms with Gasteiger partial charge in [-0.2, -0.15) is 0 Å². The molecule has 1 aromatic carbocycles. The molecule has 216 valence electrons. The number of carbonyl (C=O) groups excluding carboxylic acids is 1. The third kappa shape index (κ3) is 6.51. The summed E-state index contributed by atoms with van der Waals surface area (Å²) >= 11 is 0. The van der Waals surface area contributed by atoms with Crippen LogP contribution in [0.1, 0.15) is 26.2 Å². The van der Waals surface area contributed by atoms with Gasteiger partial charge in [-0.05, 0) is 56.0 Å². The lowest BCUT2D eigenvalue weighted by molar-refractivity contribution is -0.115. The van der Waals surface area contributed by atoms with Crippen LogP contribution in [0.3, 0.4) is 0 Å². The lowest BCUT2D eigenvalue weighted by Crippen LogP contribution is -2.41. The number of hydrogen-bond donors (Lipinski definition) is 2. The lowest BCUT2D eigenvalue weighted by Gasteiger charge is -2.36. The van der Waals surface area contributed by atoms with E-state index in [1.807, 2.05) is 13.0 Å². The highest BCUT2D eigenvalue weighted by atomic mass is 19.1. The lowest BCUT2D eigenvalue weighted by atomic mass is 9.82. The van der Waals surface area contributed by atoms with Gasteiger partial charge in [0.2, 0.25) is 0 Å². The Morgan fingerprint density at radius 3 is 3.02 bits per heavy atom. The highest BCUT2D eigenvalue weighted by Crippen LogP contribution is 2.40. The van der Waals surface area contributed by atoms with Crippen LogP contribution >= 0.6 is 0 Å². The number of benzene rings is 1. The molecule has 10 nitrogen and oxygen atoms in total. The van der Waals surface area contributed by atoms with Crippen molar-refractivity contribution < 1.29 is 18.7 Å². The zero-order valence-electron chi connectivity index (χ0n) is 23.3. The van der Waals surface area contributed by atoms with E-state index in [1.54, 1.807) is 24.3 Å². The molecule has 2 atom stereocenters. The van der Waals surface area contributed by atoms with Gasteiger partial charge >= 0.3 is 0 Å². The van der Waals surface area contributed by atoms with E-state index >= 15 is 4.39 Å². The number of rotatable bonds is 11. The summed E-state index contributed by atoms with van der Waals surface area (Å²) in [7, 11) is 0. The number of halogens is 1. The molecule has 2 aliphatic rings. The number of carbonyl (C=O) groups is 1. The minimum Gasteiger partial charge on any atom is -0.489 e. The maximum atomic E-state index is 15.1. The summed E-state index contributed by atoms with van der Waals surface area (Å²) in [5.74, 6) is 2.65. The molecule has 1 unspecified atom stereocenters. The predicted molar refractivity (Wildman–Crippen MR) is 162 cm³/mol. The monoisotopic (exact) mass is 569 g/mol. The molecule has 0 spiro atoms. The molecule has 0 radical (unpaired) electrons. The zero-order chi connectivity index (χ0) is 29.5. The molecule has 2 N–H and O–H groups in total. The van der Waals surface area contributed by atoms with E-state index in [0.717, 1.165) is 32.3 Å². The van der Waals surface area contributed by atoms with Crippen LogP contribution in [-0.2, 0) is 4.79 Å². The quantitative estimate of drug-likeness (QED) is 0.0977. The third-order valence-corrected chi connectivity index (χ3v) is 7.34. The topological polar surface area (TPSA) is 126 Å². The Kier molecular flexibility index (Phi) is 8.96. The molecule has 3 aromatic rings. The first kappa shape index (κ1) is 28.6. The average molecular weight is 570 g/mol. The number of aliphatic imine (C=N–C) groups is 1. The molecule has 0 aliphatic carbocycles. The molecule has 0 saturated carbocycles. The number of anilines is 3. The van der Waals surface area contributed by atoms with Gasteiger partial charge in [0, 0.05) is 43.8 Å². The fourth-order valence-corrected chi connectivity index (χ4v) is 5.25. The number of nitrogens with one attached hydrogen (secondary N) is 2. The Balaban J connectivity index is 1.35. The molecule has 2 aromatic heterocycles. The molecule has 11 heteroatoms. The summed E-state index contributed by atoms with van der Waals surface area (Å²) in [6, 6.07) is 6.27. The van der Waals surface area contributed by atoms with Gasteiger partial charge in [-0.1, -0.05) is 12.7 Å².